The maximum Gasteiger partial charge on any atom is 0.312 e. The summed E-state index contributed by atoms with van der Waals surface area (Å²) in [5, 5.41) is 1.92. The number of rotatable bonds is 4. The van der Waals surface area contributed by atoms with Crippen LogP contribution in [-0.2, 0) is 10.1 Å². The van der Waals surface area contributed by atoms with Gasteiger partial charge in [0.15, 0.2) is 5.03 Å². The number of hydrogen-bond acceptors (Lipinski definition) is 6. The molecule has 0 unspecified atom stereocenters. The molecule has 2 N–H and O–H groups in total. The Balaban J connectivity index is 1.87. The predicted octanol–water partition coefficient (Wildman–Crippen LogP) is 2.52. The molecule has 0 aromatic carbocycles. The zero-order valence-electron chi connectivity index (χ0n) is 14.9. The van der Waals surface area contributed by atoms with Crippen molar-refractivity contribution in [3.63, 3.8) is 0 Å². The molecule has 0 spiro atoms. The van der Waals surface area contributed by atoms with Crippen molar-refractivity contribution in [3.8, 4) is 0 Å². The number of nitrogens with zero attached hydrogens (tertiary/aromatic N) is 3. The summed E-state index contributed by atoms with van der Waals surface area (Å²) in [7, 11) is -4.52. The van der Waals surface area contributed by atoms with Gasteiger partial charge in [-0.1, -0.05) is 0 Å². The van der Waals surface area contributed by atoms with Gasteiger partial charge in [0.05, 0.1) is 5.56 Å². The van der Waals surface area contributed by atoms with E-state index in [0.717, 1.165) is 12.3 Å². The van der Waals surface area contributed by atoms with E-state index < -0.39 is 27.0 Å². The maximum absolute atomic E-state index is 13.4. The highest BCUT2D eigenvalue weighted by Crippen LogP contribution is 2.31. The Morgan fingerprint density at radius 3 is 2.57 bits per heavy atom. The van der Waals surface area contributed by atoms with Crippen LogP contribution in [0.25, 0.3) is 0 Å². The normalized spacial score (nSPS) is 16.6. The molecule has 0 aliphatic carbocycles. The van der Waals surface area contributed by atoms with Gasteiger partial charge in [-0.2, -0.15) is 8.42 Å². The van der Waals surface area contributed by atoms with Gasteiger partial charge < -0.3 is 10.2 Å². The van der Waals surface area contributed by atoms with Crippen LogP contribution < -0.4 is 10.2 Å². The van der Waals surface area contributed by atoms with Crippen molar-refractivity contribution in [1.82, 2.24) is 9.97 Å². The smallest absolute Gasteiger partial charge is 0.312 e. The van der Waals surface area contributed by atoms with Crippen LogP contribution in [-0.4, -0.2) is 47.9 Å². The van der Waals surface area contributed by atoms with Crippen molar-refractivity contribution in [3.05, 3.63) is 41.7 Å². The van der Waals surface area contributed by atoms with Gasteiger partial charge in [-0.3, -0.25) is 9.35 Å². The van der Waals surface area contributed by atoms with Crippen molar-refractivity contribution in [2.75, 3.05) is 23.3 Å². The van der Waals surface area contributed by atoms with Gasteiger partial charge in [0.25, 0.3) is 11.8 Å². The highest BCUT2D eigenvalue weighted by molar-refractivity contribution is 7.85. The molecule has 11 heteroatoms. The Kier molecular flexibility index (Phi) is 5.31. The molecule has 3 rings (SSSR count). The first-order valence-electron chi connectivity index (χ1n) is 8.39. The lowest BCUT2D eigenvalue weighted by Gasteiger charge is -2.33. The van der Waals surface area contributed by atoms with E-state index in [1.54, 1.807) is 24.1 Å². The Morgan fingerprint density at radius 1 is 1.25 bits per heavy atom. The summed E-state index contributed by atoms with van der Waals surface area (Å²) in [4.78, 5) is 22.2. The molecule has 150 valence electrons. The minimum atomic E-state index is -4.52. The SMILES string of the molecule is Cc1cnc(N2CCC(F)(F)CC2)c(C(=O)Nc2ccnc(S(=O)(=O)O)c2)c1. The van der Waals surface area contributed by atoms with E-state index in [4.69, 9.17) is 4.55 Å². The molecule has 1 fully saturated rings. The Bertz CT molecular complexity index is 1000. The monoisotopic (exact) mass is 412 g/mol. The van der Waals surface area contributed by atoms with Gasteiger partial charge >= 0.3 is 10.1 Å². The second-order valence-corrected chi connectivity index (χ2v) is 7.91. The van der Waals surface area contributed by atoms with Crippen molar-refractivity contribution in [2.45, 2.75) is 30.7 Å². The molecule has 1 saturated heterocycles. The van der Waals surface area contributed by atoms with Crippen molar-refractivity contribution in [1.29, 1.82) is 0 Å². The summed E-state index contributed by atoms with van der Waals surface area (Å²) in [5.74, 6) is -3.04. The number of nitrogens with one attached hydrogen (secondary N) is 1. The fourth-order valence-electron chi connectivity index (χ4n) is 2.85. The minimum absolute atomic E-state index is 0.0610. The van der Waals surface area contributed by atoms with E-state index in [2.05, 4.69) is 15.3 Å². The number of piperidine rings is 1. The number of carbonyl (C=O) groups excluding carboxylic acids is 1. The Hall–Kier alpha value is -2.66. The van der Waals surface area contributed by atoms with Crippen LogP contribution in [0.3, 0.4) is 0 Å². The second kappa shape index (κ2) is 7.40. The number of carbonyl (C=O) groups is 1. The van der Waals surface area contributed by atoms with E-state index >= 15 is 0 Å². The molecule has 1 aliphatic rings. The summed E-state index contributed by atoms with van der Waals surface area (Å²) in [6.07, 6.45) is 2.01. The zero-order valence-corrected chi connectivity index (χ0v) is 15.7. The van der Waals surface area contributed by atoms with Crippen LogP contribution in [0.4, 0.5) is 20.3 Å². The number of amides is 1. The highest BCUT2D eigenvalue weighted by Gasteiger charge is 2.35. The van der Waals surface area contributed by atoms with Gasteiger partial charge in [0.2, 0.25) is 0 Å². The molecule has 1 aliphatic heterocycles. The highest BCUT2D eigenvalue weighted by atomic mass is 32.2. The van der Waals surface area contributed by atoms with Crippen molar-refractivity contribution >= 4 is 27.5 Å². The van der Waals surface area contributed by atoms with Crippen molar-refractivity contribution < 1.29 is 26.5 Å². The summed E-state index contributed by atoms with van der Waals surface area (Å²) in [6, 6.07) is 3.95. The van der Waals surface area contributed by atoms with Crippen LogP contribution >= 0.6 is 0 Å². The number of alkyl halides is 2. The third-order valence-electron chi connectivity index (χ3n) is 4.30. The average Bonchev–Trinajstić information content (AvgIpc) is 2.61. The largest absolute Gasteiger partial charge is 0.356 e. The third-order valence-corrected chi connectivity index (χ3v) is 5.05. The van der Waals surface area contributed by atoms with E-state index in [-0.39, 0.29) is 43.0 Å². The van der Waals surface area contributed by atoms with Gasteiger partial charge in [-0.05, 0) is 24.6 Å². The Morgan fingerprint density at radius 2 is 1.93 bits per heavy atom. The lowest BCUT2D eigenvalue weighted by molar-refractivity contribution is -0.0221. The zero-order chi connectivity index (χ0) is 20.5. The lowest BCUT2D eigenvalue weighted by Crippen LogP contribution is -2.40. The van der Waals surface area contributed by atoms with Crippen LogP contribution in [0, 0.1) is 6.92 Å². The number of anilines is 2. The number of halogens is 2. The van der Waals surface area contributed by atoms with Crippen LogP contribution in [0.15, 0.2) is 35.6 Å². The lowest BCUT2D eigenvalue weighted by atomic mass is 10.1. The fraction of sp³-hybridized carbons (Fsp3) is 0.353. The molecule has 2 aromatic rings. The standard InChI is InChI=1S/C17H18F2N4O4S/c1-11-8-13(15(21-10-11)23-6-3-17(18,19)4-7-23)16(24)22-12-2-5-20-14(9-12)28(25,26)27/h2,5,8-10H,3-4,6-7H2,1H3,(H,20,22,24)(H,25,26,27). The predicted molar refractivity (Wildman–Crippen MR) is 97.4 cm³/mol. The first kappa shape index (κ1) is 20.1. The summed E-state index contributed by atoms with van der Waals surface area (Å²) in [5.41, 5.74) is 0.977. The van der Waals surface area contributed by atoms with Gasteiger partial charge in [0, 0.05) is 50.1 Å². The summed E-state index contributed by atoms with van der Waals surface area (Å²) in [6.45, 7) is 1.86. The fourth-order valence-corrected chi connectivity index (χ4v) is 3.32. The molecule has 2 aromatic heterocycles. The molecule has 0 radical (unpaired) electrons. The summed E-state index contributed by atoms with van der Waals surface area (Å²) < 4.78 is 58.4. The Labute approximate surface area is 160 Å². The van der Waals surface area contributed by atoms with E-state index in [9.17, 15) is 22.0 Å². The number of hydrogen-bond donors (Lipinski definition) is 2. The van der Waals surface area contributed by atoms with E-state index in [1.807, 2.05) is 0 Å². The molecule has 28 heavy (non-hydrogen) atoms. The van der Waals surface area contributed by atoms with E-state index in [0.29, 0.717) is 5.56 Å². The molecular weight excluding hydrogens is 394 g/mol. The molecule has 8 nitrogen and oxygen atoms in total. The van der Waals surface area contributed by atoms with Crippen LogP contribution in [0.5, 0.6) is 0 Å². The molecule has 0 saturated carbocycles. The summed E-state index contributed by atoms with van der Waals surface area (Å²) >= 11 is 0. The average molecular weight is 412 g/mol. The van der Waals surface area contributed by atoms with Gasteiger partial charge in [-0.15, -0.1) is 0 Å². The third kappa shape index (κ3) is 4.60. The second-order valence-electron chi connectivity index (χ2n) is 6.54. The molecule has 0 atom stereocenters. The molecular formula is C17H18F2N4O4S. The van der Waals surface area contributed by atoms with Crippen molar-refractivity contribution in [2.24, 2.45) is 0 Å². The first-order chi connectivity index (χ1) is 13.0. The minimum Gasteiger partial charge on any atom is -0.356 e. The molecule has 0 bridgehead atoms. The quantitative estimate of drug-likeness (QED) is 0.742. The van der Waals surface area contributed by atoms with Gasteiger partial charge in [0.1, 0.15) is 5.82 Å². The van der Waals surface area contributed by atoms with Crippen LogP contribution in [0.1, 0.15) is 28.8 Å². The molecule has 1 amide bonds. The first-order valence-corrected chi connectivity index (χ1v) is 9.83. The number of pyridine rings is 2. The maximum atomic E-state index is 13.4. The number of aryl methyl sites for hydroxylation is 1. The van der Waals surface area contributed by atoms with E-state index in [1.165, 1.54) is 6.07 Å². The number of aromatic nitrogens is 2. The van der Waals surface area contributed by atoms with Crippen LogP contribution in [0.2, 0.25) is 0 Å². The van der Waals surface area contributed by atoms with Gasteiger partial charge in [-0.25, -0.2) is 18.7 Å². The topological polar surface area (TPSA) is 112 Å². The molecule has 3 heterocycles.